The quantitative estimate of drug-likeness (QED) is 0.539. The first-order valence-corrected chi connectivity index (χ1v) is 10.7. The first kappa shape index (κ1) is 19.0. The lowest BCUT2D eigenvalue weighted by atomic mass is 10.1. The zero-order chi connectivity index (χ0) is 18.7. The zero-order valence-electron chi connectivity index (χ0n) is 14.4. The van der Waals surface area contributed by atoms with E-state index in [1.54, 1.807) is 19.1 Å². The molecule has 2 aromatic carbocycles. The van der Waals surface area contributed by atoms with Crippen LogP contribution in [-0.4, -0.2) is 28.5 Å². The van der Waals surface area contributed by atoms with E-state index in [-0.39, 0.29) is 12.8 Å². The van der Waals surface area contributed by atoms with Gasteiger partial charge in [-0.05, 0) is 30.7 Å². The van der Waals surface area contributed by atoms with E-state index in [0.717, 1.165) is 32.3 Å². The molecule has 0 spiro atoms. The Morgan fingerprint density at radius 2 is 1.92 bits per heavy atom. The minimum Gasteiger partial charge on any atom is -0.373 e. The maximum absolute atomic E-state index is 11.9. The molecule has 1 aromatic heterocycles. The SMILES string of the molecule is CCOP(=O)(O)Cc1ccc(-c2nc(NC)c3cc(Br)ccc3n2)cc1. The lowest BCUT2D eigenvalue weighted by Gasteiger charge is -2.11. The molecule has 0 aliphatic carbocycles. The number of fused-ring (bicyclic) bond motifs is 1. The van der Waals surface area contributed by atoms with Gasteiger partial charge in [-0.1, -0.05) is 40.2 Å². The maximum Gasteiger partial charge on any atom is 0.332 e. The first-order chi connectivity index (χ1) is 12.4. The van der Waals surface area contributed by atoms with Gasteiger partial charge in [0.15, 0.2) is 5.82 Å². The molecule has 0 saturated carbocycles. The molecule has 1 heterocycles. The Bertz CT molecular complexity index is 979. The molecule has 0 amide bonds. The van der Waals surface area contributed by atoms with Crippen LogP contribution in [0.5, 0.6) is 0 Å². The van der Waals surface area contributed by atoms with Gasteiger partial charge >= 0.3 is 7.60 Å². The molecule has 8 heteroatoms. The number of nitrogens with zero attached hydrogens (tertiary/aromatic N) is 2. The van der Waals surface area contributed by atoms with Gasteiger partial charge in [0.2, 0.25) is 0 Å². The van der Waals surface area contributed by atoms with Gasteiger partial charge in [-0.15, -0.1) is 0 Å². The standard InChI is InChI=1S/C18H19BrN3O3P/c1-3-25-26(23,24)11-12-4-6-13(7-5-12)17-21-16-9-8-14(19)10-15(16)18(20-2)22-17/h4-10H,3,11H2,1-2H3,(H,23,24)(H,20,21,22). The second-order valence-electron chi connectivity index (χ2n) is 5.72. The van der Waals surface area contributed by atoms with Crippen LogP contribution >= 0.6 is 23.5 Å². The van der Waals surface area contributed by atoms with E-state index in [1.165, 1.54) is 0 Å². The van der Waals surface area contributed by atoms with Crippen LogP contribution in [0, 0.1) is 0 Å². The van der Waals surface area contributed by atoms with Crippen molar-refractivity contribution < 1.29 is 14.0 Å². The first-order valence-electron chi connectivity index (χ1n) is 8.12. The summed E-state index contributed by atoms with van der Waals surface area (Å²) in [6.07, 6.45) is -0.0184. The second kappa shape index (κ2) is 7.84. The van der Waals surface area contributed by atoms with E-state index in [2.05, 4.69) is 31.2 Å². The summed E-state index contributed by atoms with van der Waals surface area (Å²) in [6.45, 7) is 1.90. The minimum absolute atomic E-state index is 0.0184. The Labute approximate surface area is 160 Å². The highest BCUT2D eigenvalue weighted by Gasteiger charge is 2.19. The van der Waals surface area contributed by atoms with Crippen LogP contribution in [-0.2, 0) is 15.3 Å². The van der Waals surface area contributed by atoms with Crippen molar-refractivity contribution in [2.75, 3.05) is 19.0 Å². The summed E-state index contributed by atoms with van der Waals surface area (Å²) >= 11 is 3.47. The average molecular weight is 436 g/mol. The highest BCUT2D eigenvalue weighted by molar-refractivity contribution is 9.10. The fourth-order valence-electron chi connectivity index (χ4n) is 2.66. The Morgan fingerprint density at radius 3 is 2.58 bits per heavy atom. The van der Waals surface area contributed by atoms with Crippen LogP contribution in [0.1, 0.15) is 12.5 Å². The van der Waals surface area contributed by atoms with Crippen LogP contribution < -0.4 is 5.32 Å². The maximum atomic E-state index is 11.9. The normalized spacial score (nSPS) is 13.5. The van der Waals surface area contributed by atoms with Crippen molar-refractivity contribution in [2.45, 2.75) is 13.1 Å². The fraction of sp³-hybridized carbons (Fsp3) is 0.222. The van der Waals surface area contributed by atoms with Crippen molar-refractivity contribution in [3.63, 3.8) is 0 Å². The molecular formula is C18H19BrN3O3P. The number of benzene rings is 2. The Kier molecular flexibility index (Phi) is 5.73. The molecule has 0 aliphatic rings. The molecule has 136 valence electrons. The highest BCUT2D eigenvalue weighted by Crippen LogP contribution is 2.45. The summed E-state index contributed by atoms with van der Waals surface area (Å²) in [4.78, 5) is 19.0. The smallest absolute Gasteiger partial charge is 0.332 e. The van der Waals surface area contributed by atoms with Gasteiger partial charge in [-0.3, -0.25) is 4.57 Å². The molecule has 3 aromatic rings. The predicted octanol–water partition coefficient (Wildman–Crippen LogP) is 4.82. The van der Waals surface area contributed by atoms with Gasteiger partial charge in [0.25, 0.3) is 0 Å². The summed E-state index contributed by atoms with van der Waals surface area (Å²) < 4.78 is 17.8. The molecule has 0 fully saturated rings. The second-order valence-corrected chi connectivity index (χ2v) is 8.48. The van der Waals surface area contributed by atoms with Gasteiger partial charge in [-0.25, -0.2) is 9.97 Å². The molecule has 6 nitrogen and oxygen atoms in total. The average Bonchev–Trinajstić information content (AvgIpc) is 2.61. The number of rotatable bonds is 6. The zero-order valence-corrected chi connectivity index (χ0v) is 16.9. The Balaban J connectivity index is 1.94. The summed E-state index contributed by atoms with van der Waals surface area (Å²) in [5, 5.41) is 4.04. The predicted molar refractivity (Wildman–Crippen MR) is 107 cm³/mol. The van der Waals surface area contributed by atoms with E-state index in [9.17, 15) is 9.46 Å². The number of nitrogens with one attached hydrogen (secondary N) is 1. The third-order valence-electron chi connectivity index (χ3n) is 3.82. The molecule has 2 N–H and O–H groups in total. The third-order valence-corrected chi connectivity index (χ3v) is 5.74. The summed E-state index contributed by atoms with van der Waals surface area (Å²) in [5.41, 5.74) is 2.40. The molecule has 0 bridgehead atoms. The molecule has 3 rings (SSSR count). The fourth-order valence-corrected chi connectivity index (χ4v) is 4.19. The number of halogens is 1. The molecule has 0 saturated heterocycles. The van der Waals surface area contributed by atoms with E-state index in [0.29, 0.717) is 5.82 Å². The van der Waals surface area contributed by atoms with Gasteiger partial charge in [0.1, 0.15) is 5.82 Å². The number of hydrogen-bond acceptors (Lipinski definition) is 5. The van der Waals surface area contributed by atoms with Crippen molar-refractivity contribution in [3.05, 3.63) is 52.5 Å². The van der Waals surface area contributed by atoms with Crippen molar-refractivity contribution >= 4 is 40.2 Å². The molecular weight excluding hydrogens is 417 g/mol. The lowest BCUT2D eigenvalue weighted by molar-refractivity contribution is 0.272. The lowest BCUT2D eigenvalue weighted by Crippen LogP contribution is -1.99. The Hall–Kier alpha value is -1.79. The van der Waals surface area contributed by atoms with Crippen LogP contribution in [0.2, 0.25) is 0 Å². The van der Waals surface area contributed by atoms with E-state index in [1.807, 2.05) is 37.4 Å². The topological polar surface area (TPSA) is 84.3 Å². The summed E-state index contributed by atoms with van der Waals surface area (Å²) in [6, 6.07) is 13.1. The highest BCUT2D eigenvalue weighted by atomic mass is 79.9. The van der Waals surface area contributed by atoms with E-state index in [4.69, 9.17) is 4.52 Å². The molecule has 1 unspecified atom stereocenters. The van der Waals surface area contributed by atoms with Gasteiger partial charge in [-0.2, -0.15) is 0 Å². The van der Waals surface area contributed by atoms with Crippen LogP contribution in [0.25, 0.3) is 22.3 Å². The number of hydrogen-bond donors (Lipinski definition) is 2. The van der Waals surface area contributed by atoms with Crippen LogP contribution in [0.15, 0.2) is 46.9 Å². The van der Waals surface area contributed by atoms with Crippen LogP contribution in [0.3, 0.4) is 0 Å². The monoisotopic (exact) mass is 435 g/mol. The molecule has 1 atom stereocenters. The molecule has 0 aliphatic heterocycles. The Morgan fingerprint density at radius 1 is 1.19 bits per heavy atom. The largest absolute Gasteiger partial charge is 0.373 e. The van der Waals surface area contributed by atoms with Crippen molar-refractivity contribution in [1.29, 1.82) is 0 Å². The number of anilines is 1. The third kappa shape index (κ3) is 4.30. The molecule has 0 radical (unpaired) electrons. The molecule has 26 heavy (non-hydrogen) atoms. The van der Waals surface area contributed by atoms with Crippen LogP contribution in [0.4, 0.5) is 5.82 Å². The summed E-state index contributed by atoms with van der Waals surface area (Å²) in [5.74, 6) is 1.33. The minimum atomic E-state index is -3.60. The van der Waals surface area contributed by atoms with Gasteiger partial charge in [0, 0.05) is 22.5 Å². The van der Waals surface area contributed by atoms with Gasteiger partial charge < -0.3 is 14.7 Å². The summed E-state index contributed by atoms with van der Waals surface area (Å²) in [7, 11) is -1.78. The van der Waals surface area contributed by atoms with Crippen molar-refractivity contribution in [1.82, 2.24) is 9.97 Å². The van der Waals surface area contributed by atoms with Crippen molar-refractivity contribution in [3.8, 4) is 11.4 Å². The van der Waals surface area contributed by atoms with Crippen molar-refractivity contribution in [2.24, 2.45) is 0 Å². The van der Waals surface area contributed by atoms with Gasteiger partial charge in [0.05, 0.1) is 18.3 Å². The van der Waals surface area contributed by atoms with E-state index < -0.39 is 7.60 Å². The number of aromatic nitrogens is 2. The van der Waals surface area contributed by atoms with E-state index >= 15 is 0 Å².